The molecule has 5 nitrogen and oxygen atoms in total. The Labute approximate surface area is 157 Å². The second-order valence-electron chi connectivity index (χ2n) is 6.39. The zero-order valence-electron chi connectivity index (χ0n) is 15.7. The number of fused-ring (bicyclic) bond motifs is 1. The average Bonchev–Trinajstić information content (AvgIpc) is 2.64. The Morgan fingerprint density at radius 1 is 1.11 bits per heavy atom. The van der Waals surface area contributed by atoms with Crippen molar-refractivity contribution in [2.75, 3.05) is 13.2 Å². The van der Waals surface area contributed by atoms with E-state index >= 15 is 0 Å². The van der Waals surface area contributed by atoms with Crippen molar-refractivity contribution in [1.29, 1.82) is 0 Å². The van der Waals surface area contributed by atoms with Crippen LogP contribution in [0, 0.1) is 13.8 Å². The van der Waals surface area contributed by atoms with Crippen LogP contribution in [-0.4, -0.2) is 19.2 Å². The van der Waals surface area contributed by atoms with Gasteiger partial charge in [-0.2, -0.15) is 0 Å². The molecule has 1 aromatic heterocycles. The second kappa shape index (κ2) is 8.08. The lowest BCUT2D eigenvalue weighted by molar-refractivity contribution is -0.145. The van der Waals surface area contributed by atoms with Gasteiger partial charge in [-0.05, 0) is 56.0 Å². The van der Waals surface area contributed by atoms with Gasteiger partial charge in [0.05, 0.1) is 12.0 Å². The monoisotopic (exact) mass is 366 g/mol. The molecule has 0 saturated heterocycles. The summed E-state index contributed by atoms with van der Waals surface area (Å²) in [5.74, 6) is 0.0710. The number of hydrogen-bond donors (Lipinski definition) is 0. The van der Waals surface area contributed by atoms with Crippen LogP contribution in [0.25, 0.3) is 11.0 Å². The third-order valence-corrected chi connectivity index (χ3v) is 4.35. The van der Waals surface area contributed by atoms with Crippen molar-refractivity contribution in [3.8, 4) is 5.75 Å². The summed E-state index contributed by atoms with van der Waals surface area (Å²) in [6.07, 6.45) is 0.563. The maximum absolute atomic E-state index is 12.3. The number of carbonyl (C=O) groups is 1. The van der Waals surface area contributed by atoms with Gasteiger partial charge in [-0.25, -0.2) is 9.59 Å². The van der Waals surface area contributed by atoms with E-state index in [0.717, 1.165) is 16.7 Å². The van der Waals surface area contributed by atoms with Crippen LogP contribution in [0.4, 0.5) is 0 Å². The minimum atomic E-state index is -0.439. The molecule has 0 N–H and O–H groups in total. The molecule has 0 spiro atoms. The van der Waals surface area contributed by atoms with Gasteiger partial charge in [0.1, 0.15) is 11.3 Å². The molecule has 140 valence electrons. The van der Waals surface area contributed by atoms with E-state index in [1.807, 2.05) is 49.4 Å². The van der Waals surface area contributed by atoms with Gasteiger partial charge >= 0.3 is 11.6 Å². The van der Waals surface area contributed by atoms with E-state index in [4.69, 9.17) is 13.9 Å². The Bertz CT molecular complexity index is 1020. The molecular weight excluding hydrogens is 344 g/mol. The summed E-state index contributed by atoms with van der Waals surface area (Å²) >= 11 is 0. The Morgan fingerprint density at radius 2 is 1.85 bits per heavy atom. The van der Waals surface area contributed by atoms with Gasteiger partial charge in [0, 0.05) is 5.56 Å². The van der Waals surface area contributed by atoms with E-state index in [-0.39, 0.29) is 12.2 Å². The van der Waals surface area contributed by atoms with Gasteiger partial charge in [-0.15, -0.1) is 0 Å². The lowest BCUT2D eigenvalue weighted by Crippen LogP contribution is -2.15. The highest BCUT2D eigenvalue weighted by molar-refractivity contribution is 5.89. The molecule has 0 amide bonds. The van der Waals surface area contributed by atoms with Crippen molar-refractivity contribution in [3.63, 3.8) is 0 Å². The van der Waals surface area contributed by atoms with E-state index in [1.54, 1.807) is 13.8 Å². The van der Waals surface area contributed by atoms with E-state index in [2.05, 4.69) is 0 Å². The van der Waals surface area contributed by atoms with Crippen molar-refractivity contribution in [2.45, 2.75) is 27.2 Å². The molecule has 0 radical (unpaired) electrons. The van der Waals surface area contributed by atoms with Gasteiger partial charge < -0.3 is 13.9 Å². The van der Waals surface area contributed by atoms with Gasteiger partial charge in [0.2, 0.25) is 0 Å². The SMILES string of the molecule is CCOC(=O)COc1cc(C)cc2oc(=O)c(C)c(Cc3ccccc3)c12. The van der Waals surface area contributed by atoms with Crippen LogP contribution >= 0.6 is 0 Å². The van der Waals surface area contributed by atoms with Gasteiger partial charge in [0.15, 0.2) is 6.61 Å². The molecule has 0 aliphatic heterocycles. The van der Waals surface area contributed by atoms with E-state index in [1.165, 1.54) is 0 Å². The maximum atomic E-state index is 12.3. The van der Waals surface area contributed by atoms with Crippen LogP contribution in [0.2, 0.25) is 0 Å². The summed E-state index contributed by atoms with van der Waals surface area (Å²) in [5.41, 5.74) is 3.41. The topological polar surface area (TPSA) is 65.7 Å². The highest BCUT2D eigenvalue weighted by atomic mass is 16.6. The molecule has 0 aliphatic rings. The van der Waals surface area contributed by atoms with Crippen LogP contribution in [0.5, 0.6) is 5.75 Å². The largest absolute Gasteiger partial charge is 0.481 e. The van der Waals surface area contributed by atoms with E-state index < -0.39 is 5.97 Å². The van der Waals surface area contributed by atoms with Gasteiger partial charge in [0.25, 0.3) is 0 Å². The standard InChI is InChI=1S/C22H22O5/c1-4-25-20(23)13-26-18-10-14(2)11-19-21(18)17(15(3)22(24)27-19)12-16-8-6-5-7-9-16/h5-11H,4,12-13H2,1-3H3. The molecule has 0 atom stereocenters. The first kappa shape index (κ1) is 18.7. The molecule has 0 saturated carbocycles. The third kappa shape index (κ3) is 4.19. The molecule has 0 unspecified atom stereocenters. The Kier molecular flexibility index (Phi) is 5.60. The van der Waals surface area contributed by atoms with Crippen LogP contribution < -0.4 is 10.4 Å². The fraction of sp³-hybridized carbons (Fsp3) is 0.273. The lowest BCUT2D eigenvalue weighted by Gasteiger charge is -2.15. The summed E-state index contributed by atoms with van der Waals surface area (Å²) < 4.78 is 16.2. The summed E-state index contributed by atoms with van der Waals surface area (Å²) in [5, 5.41) is 0.714. The number of esters is 1. The molecule has 2 aromatic carbocycles. The fourth-order valence-electron chi connectivity index (χ4n) is 3.06. The first-order valence-electron chi connectivity index (χ1n) is 8.89. The van der Waals surface area contributed by atoms with Crippen LogP contribution in [-0.2, 0) is 16.0 Å². The first-order valence-corrected chi connectivity index (χ1v) is 8.89. The zero-order chi connectivity index (χ0) is 19.4. The molecule has 27 heavy (non-hydrogen) atoms. The Morgan fingerprint density at radius 3 is 2.56 bits per heavy atom. The molecule has 3 aromatic rings. The van der Waals surface area contributed by atoms with Gasteiger partial charge in [-0.1, -0.05) is 30.3 Å². The van der Waals surface area contributed by atoms with Crippen molar-refractivity contribution < 1.29 is 18.7 Å². The van der Waals surface area contributed by atoms with Crippen LogP contribution in [0.3, 0.4) is 0 Å². The Balaban J connectivity index is 2.12. The van der Waals surface area contributed by atoms with Crippen LogP contribution in [0.15, 0.2) is 51.7 Å². The predicted molar refractivity (Wildman–Crippen MR) is 103 cm³/mol. The summed E-state index contributed by atoms with van der Waals surface area (Å²) in [6.45, 7) is 5.47. The first-order chi connectivity index (χ1) is 13.0. The molecule has 0 aliphatic carbocycles. The third-order valence-electron chi connectivity index (χ3n) is 4.35. The van der Waals surface area contributed by atoms with Crippen molar-refractivity contribution in [1.82, 2.24) is 0 Å². The molecule has 0 fully saturated rings. The predicted octanol–water partition coefficient (Wildman–Crippen LogP) is 3.94. The lowest BCUT2D eigenvalue weighted by atomic mass is 9.96. The average molecular weight is 366 g/mol. The molecular formula is C22H22O5. The quantitative estimate of drug-likeness (QED) is 0.488. The van der Waals surface area contributed by atoms with E-state index in [9.17, 15) is 9.59 Å². The highest BCUT2D eigenvalue weighted by Crippen LogP contribution is 2.32. The Hall–Kier alpha value is -3.08. The number of ether oxygens (including phenoxy) is 2. The normalized spacial score (nSPS) is 10.8. The summed E-state index contributed by atoms with van der Waals surface area (Å²) in [7, 11) is 0. The van der Waals surface area contributed by atoms with Crippen LogP contribution in [0.1, 0.15) is 29.2 Å². The minimum absolute atomic E-state index is 0.199. The molecule has 0 bridgehead atoms. The highest BCUT2D eigenvalue weighted by Gasteiger charge is 2.17. The van der Waals surface area contributed by atoms with Crippen molar-refractivity contribution in [2.24, 2.45) is 0 Å². The second-order valence-corrected chi connectivity index (χ2v) is 6.39. The zero-order valence-corrected chi connectivity index (χ0v) is 15.7. The molecule has 3 rings (SSSR count). The maximum Gasteiger partial charge on any atom is 0.344 e. The summed E-state index contributed by atoms with van der Waals surface area (Å²) in [6, 6.07) is 13.5. The number of hydrogen-bond acceptors (Lipinski definition) is 5. The number of aryl methyl sites for hydroxylation is 1. The molecule has 5 heteroatoms. The smallest absolute Gasteiger partial charge is 0.344 e. The number of rotatable bonds is 6. The number of benzene rings is 2. The van der Waals surface area contributed by atoms with Crippen molar-refractivity contribution in [3.05, 3.63) is 75.1 Å². The number of carbonyl (C=O) groups excluding carboxylic acids is 1. The summed E-state index contributed by atoms with van der Waals surface area (Å²) in [4.78, 5) is 24.1. The van der Waals surface area contributed by atoms with Gasteiger partial charge in [-0.3, -0.25) is 0 Å². The fourth-order valence-corrected chi connectivity index (χ4v) is 3.06. The minimum Gasteiger partial charge on any atom is -0.481 e. The van der Waals surface area contributed by atoms with E-state index in [0.29, 0.717) is 35.3 Å². The van der Waals surface area contributed by atoms with Crippen molar-refractivity contribution >= 4 is 16.9 Å². The molecule has 1 heterocycles.